The minimum Gasteiger partial charge on any atom is -0.454 e. The van der Waals surface area contributed by atoms with Crippen LogP contribution in [0, 0.1) is 12.8 Å². The van der Waals surface area contributed by atoms with Gasteiger partial charge in [-0.05, 0) is 41.8 Å². The molecule has 1 aromatic heterocycles. The zero-order valence-electron chi connectivity index (χ0n) is 16.6. The van der Waals surface area contributed by atoms with Crippen LogP contribution in [0.4, 0.5) is 5.69 Å². The van der Waals surface area contributed by atoms with E-state index in [1.165, 1.54) is 11.3 Å². The molecule has 0 fully saturated rings. The Balaban J connectivity index is 1.95. The number of anilines is 1. The number of carbonyl (C=O) groups excluding carboxylic acids is 3. The highest BCUT2D eigenvalue weighted by Crippen LogP contribution is 2.21. The van der Waals surface area contributed by atoms with Gasteiger partial charge in [-0.25, -0.2) is 4.79 Å². The van der Waals surface area contributed by atoms with Gasteiger partial charge in [0.2, 0.25) is 0 Å². The fraction of sp³-hybridized carbons (Fsp3) is 0.381. The molecule has 0 unspecified atom stereocenters. The van der Waals surface area contributed by atoms with Gasteiger partial charge >= 0.3 is 5.97 Å². The van der Waals surface area contributed by atoms with Crippen molar-refractivity contribution < 1.29 is 19.1 Å². The monoisotopic (exact) mass is 402 g/mol. The van der Waals surface area contributed by atoms with Gasteiger partial charge in [0, 0.05) is 5.69 Å². The highest BCUT2D eigenvalue weighted by atomic mass is 32.1. The van der Waals surface area contributed by atoms with Crippen molar-refractivity contribution in [2.24, 2.45) is 5.92 Å². The molecule has 0 aliphatic rings. The van der Waals surface area contributed by atoms with E-state index in [0.29, 0.717) is 4.88 Å². The lowest BCUT2D eigenvalue weighted by Gasteiger charge is -2.20. The predicted octanol–water partition coefficient (Wildman–Crippen LogP) is 3.56. The van der Waals surface area contributed by atoms with Crippen LogP contribution >= 0.6 is 11.3 Å². The molecule has 150 valence electrons. The maximum atomic E-state index is 12.4. The maximum Gasteiger partial charge on any atom is 0.329 e. The average Bonchev–Trinajstić information content (AvgIpc) is 3.20. The maximum absolute atomic E-state index is 12.4. The van der Waals surface area contributed by atoms with Gasteiger partial charge < -0.3 is 15.4 Å². The van der Waals surface area contributed by atoms with E-state index in [9.17, 15) is 14.4 Å². The first kappa shape index (κ1) is 21.6. The Morgan fingerprint density at radius 3 is 2.50 bits per heavy atom. The Hall–Kier alpha value is -2.67. The molecule has 0 bridgehead atoms. The SMILES string of the molecule is CCc1cccc(C)c1NC(=O)COC(=O)[C@@H](NC(=O)c1cccs1)C(C)C. The van der Waals surface area contributed by atoms with Crippen molar-refractivity contribution in [3.8, 4) is 0 Å². The first-order chi connectivity index (χ1) is 13.3. The molecule has 2 rings (SSSR count). The molecule has 1 aromatic carbocycles. The van der Waals surface area contributed by atoms with Crippen LogP contribution in [0.3, 0.4) is 0 Å². The first-order valence-corrected chi connectivity index (χ1v) is 10.1. The zero-order chi connectivity index (χ0) is 20.7. The molecule has 6 nitrogen and oxygen atoms in total. The van der Waals surface area contributed by atoms with Gasteiger partial charge in [-0.1, -0.05) is 45.0 Å². The number of benzene rings is 1. The number of aryl methyl sites for hydroxylation is 2. The van der Waals surface area contributed by atoms with Crippen molar-refractivity contribution in [3.63, 3.8) is 0 Å². The molecule has 2 amide bonds. The molecule has 1 heterocycles. The fourth-order valence-electron chi connectivity index (χ4n) is 2.72. The lowest BCUT2D eigenvalue weighted by Crippen LogP contribution is -2.45. The van der Waals surface area contributed by atoms with Gasteiger partial charge in [0.25, 0.3) is 11.8 Å². The second-order valence-electron chi connectivity index (χ2n) is 6.79. The first-order valence-electron chi connectivity index (χ1n) is 9.22. The molecule has 0 radical (unpaired) electrons. The Bertz CT molecular complexity index is 831. The van der Waals surface area contributed by atoms with E-state index in [-0.39, 0.29) is 11.8 Å². The number of esters is 1. The smallest absolute Gasteiger partial charge is 0.329 e. The average molecular weight is 403 g/mol. The number of nitrogens with one attached hydrogen (secondary N) is 2. The second-order valence-corrected chi connectivity index (χ2v) is 7.74. The summed E-state index contributed by atoms with van der Waals surface area (Å²) in [5.74, 6) is -1.55. The molecule has 0 saturated carbocycles. The van der Waals surface area contributed by atoms with Gasteiger partial charge in [0.05, 0.1) is 4.88 Å². The molecule has 7 heteroatoms. The predicted molar refractivity (Wildman–Crippen MR) is 111 cm³/mol. The second kappa shape index (κ2) is 10.0. The van der Waals surface area contributed by atoms with Crippen molar-refractivity contribution in [2.45, 2.75) is 40.2 Å². The lowest BCUT2D eigenvalue weighted by atomic mass is 10.0. The number of ether oxygens (including phenoxy) is 1. The van der Waals surface area contributed by atoms with E-state index < -0.39 is 24.5 Å². The van der Waals surface area contributed by atoms with Crippen LogP contribution in [0.25, 0.3) is 0 Å². The van der Waals surface area contributed by atoms with Crippen LogP contribution < -0.4 is 10.6 Å². The molecule has 0 saturated heterocycles. The Morgan fingerprint density at radius 1 is 1.14 bits per heavy atom. The normalized spacial score (nSPS) is 11.8. The number of amides is 2. The van der Waals surface area contributed by atoms with Crippen molar-refractivity contribution in [1.29, 1.82) is 0 Å². The third-order valence-corrected chi connectivity index (χ3v) is 5.17. The van der Waals surface area contributed by atoms with Crippen LogP contribution in [0.15, 0.2) is 35.7 Å². The van der Waals surface area contributed by atoms with Gasteiger partial charge in [0.1, 0.15) is 6.04 Å². The van der Waals surface area contributed by atoms with E-state index in [1.807, 2.05) is 45.9 Å². The molecule has 2 N–H and O–H groups in total. The van der Waals surface area contributed by atoms with Crippen LogP contribution in [0.5, 0.6) is 0 Å². The largest absolute Gasteiger partial charge is 0.454 e. The minimum absolute atomic E-state index is 0.178. The summed E-state index contributed by atoms with van der Waals surface area (Å²) in [6, 6.07) is 8.42. The number of carbonyl (C=O) groups is 3. The Kier molecular flexibility index (Phi) is 7.75. The van der Waals surface area contributed by atoms with E-state index >= 15 is 0 Å². The summed E-state index contributed by atoms with van der Waals surface area (Å²) in [5.41, 5.74) is 2.71. The summed E-state index contributed by atoms with van der Waals surface area (Å²) in [5, 5.41) is 7.29. The summed E-state index contributed by atoms with van der Waals surface area (Å²) in [6.07, 6.45) is 0.779. The topological polar surface area (TPSA) is 84.5 Å². The summed E-state index contributed by atoms with van der Waals surface area (Å²) >= 11 is 1.29. The summed E-state index contributed by atoms with van der Waals surface area (Å²) in [7, 11) is 0. The van der Waals surface area contributed by atoms with E-state index in [0.717, 1.165) is 23.2 Å². The van der Waals surface area contributed by atoms with Gasteiger partial charge in [-0.15, -0.1) is 11.3 Å². The van der Waals surface area contributed by atoms with Gasteiger partial charge in [0.15, 0.2) is 6.61 Å². The molecule has 0 aliphatic carbocycles. The van der Waals surface area contributed by atoms with Crippen molar-refractivity contribution in [1.82, 2.24) is 5.32 Å². The van der Waals surface area contributed by atoms with Crippen molar-refractivity contribution in [3.05, 3.63) is 51.7 Å². The molecule has 0 aliphatic heterocycles. The number of hydrogen-bond donors (Lipinski definition) is 2. The van der Waals surface area contributed by atoms with Crippen LogP contribution in [-0.4, -0.2) is 30.4 Å². The highest BCUT2D eigenvalue weighted by Gasteiger charge is 2.27. The number of rotatable bonds is 8. The molecule has 1 atom stereocenters. The van der Waals surface area contributed by atoms with Crippen LogP contribution in [0.2, 0.25) is 0 Å². The van der Waals surface area contributed by atoms with E-state index in [2.05, 4.69) is 10.6 Å². The fourth-order valence-corrected chi connectivity index (χ4v) is 3.35. The number of thiophene rings is 1. The summed E-state index contributed by atoms with van der Waals surface area (Å²) in [6.45, 7) is 7.13. The van der Waals surface area contributed by atoms with Crippen molar-refractivity contribution >= 4 is 34.8 Å². The Labute approximate surface area is 169 Å². The quantitative estimate of drug-likeness (QED) is 0.661. The van der Waals surface area contributed by atoms with E-state index in [4.69, 9.17) is 4.74 Å². The summed E-state index contributed by atoms with van der Waals surface area (Å²) < 4.78 is 5.17. The van der Waals surface area contributed by atoms with Gasteiger partial charge in [-0.2, -0.15) is 0 Å². The highest BCUT2D eigenvalue weighted by molar-refractivity contribution is 7.12. The van der Waals surface area contributed by atoms with Gasteiger partial charge in [-0.3, -0.25) is 9.59 Å². The molecular weight excluding hydrogens is 376 g/mol. The third-order valence-electron chi connectivity index (χ3n) is 4.30. The molecular formula is C21H26N2O4S. The molecule has 28 heavy (non-hydrogen) atoms. The number of para-hydroxylation sites is 1. The zero-order valence-corrected chi connectivity index (χ0v) is 17.4. The number of hydrogen-bond acceptors (Lipinski definition) is 5. The van der Waals surface area contributed by atoms with Crippen LogP contribution in [0.1, 0.15) is 41.6 Å². The summed E-state index contributed by atoms with van der Waals surface area (Å²) in [4.78, 5) is 37.4. The molecule has 0 spiro atoms. The molecule has 2 aromatic rings. The van der Waals surface area contributed by atoms with Crippen LogP contribution in [-0.2, 0) is 20.7 Å². The van der Waals surface area contributed by atoms with Crippen molar-refractivity contribution in [2.75, 3.05) is 11.9 Å². The van der Waals surface area contributed by atoms with E-state index in [1.54, 1.807) is 17.5 Å². The third kappa shape index (κ3) is 5.66. The standard InChI is InChI=1S/C21H26N2O4S/c1-5-15-9-6-8-14(4)19(15)22-17(24)12-27-21(26)18(13(2)3)23-20(25)16-10-7-11-28-16/h6-11,13,18H,5,12H2,1-4H3,(H,22,24)(H,23,25)/t18-/m0/s1. The lowest BCUT2D eigenvalue weighted by molar-refractivity contribution is -0.150. The minimum atomic E-state index is -0.827. The Morgan fingerprint density at radius 2 is 1.89 bits per heavy atom.